The van der Waals surface area contributed by atoms with Crippen molar-refractivity contribution >= 4 is 0 Å². The average Bonchev–Trinajstić information content (AvgIpc) is 2.59. The second kappa shape index (κ2) is 6.58. The van der Waals surface area contributed by atoms with Crippen molar-refractivity contribution in [2.45, 2.75) is 32.7 Å². The normalized spacial score (nSPS) is 10.9. The average molecular weight is 211 g/mol. The van der Waals surface area contributed by atoms with E-state index in [4.69, 9.17) is 5.11 Å². The molecule has 0 bridgehead atoms. The predicted octanol–water partition coefficient (Wildman–Crippen LogP) is 0.845. The highest BCUT2D eigenvalue weighted by Crippen LogP contribution is 2.03. The topological polar surface area (TPSA) is 50.1 Å². The number of hydrogen-bond donors (Lipinski definition) is 2. The van der Waals surface area contributed by atoms with Crippen LogP contribution < -0.4 is 5.32 Å². The van der Waals surface area contributed by atoms with Gasteiger partial charge in [-0.3, -0.25) is 4.68 Å². The SMILES string of the molecule is CCc1cc(CNCCCCO)n(C)n1. The highest BCUT2D eigenvalue weighted by atomic mass is 16.2. The first-order valence-corrected chi connectivity index (χ1v) is 5.61. The number of nitrogens with zero attached hydrogens (tertiary/aromatic N) is 2. The fraction of sp³-hybridized carbons (Fsp3) is 0.727. The highest BCUT2D eigenvalue weighted by molar-refractivity contribution is 5.09. The molecule has 4 nitrogen and oxygen atoms in total. The smallest absolute Gasteiger partial charge is 0.0625 e. The molecule has 1 aromatic heterocycles. The fourth-order valence-corrected chi connectivity index (χ4v) is 1.49. The molecule has 1 heterocycles. The van der Waals surface area contributed by atoms with Gasteiger partial charge in [0.2, 0.25) is 0 Å². The van der Waals surface area contributed by atoms with Gasteiger partial charge in [-0.15, -0.1) is 0 Å². The largest absolute Gasteiger partial charge is 0.396 e. The van der Waals surface area contributed by atoms with Crippen molar-refractivity contribution in [3.05, 3.63) is 17.5 Å². The molecule has 0 spiro atoms. The minimum atomic E-state index is 0.285. The Hall–Kier alpha value is -0.870. The molecule has 15 heavy (non-hydrogen) atoms. The van der Waals surface area contributed by atoms with Crippen molar-refractivity contribution in [2.24, 2.45) is 7.05 Å². The molecule has 2 N–H and O–H groups in total. The van der Waals surface area contributed by atoms with E-state index in [0.29, 0.717) is 0 Å². The van der Waals surface area contributed by atoms with E-state index in [1.54, 1.807) is 0 Å². The molecule has 1 aromatic rings. The van der Waals surface area contributed by atoms with E-state index in [1.165, 1.54) is 5.69 Å². The zero-order valence-corrected chi connectivity index (χ0v) is 9.66. The summed E-state index contributed by atoms with van der Waals surface area (Å²) in [5.74, 6) is 0. The van der Waals surface area contributed by atoms with Crippen LogP contribution in [0.5, 0.6) is 0 Å². The Kier molecular flexibility index (Phi) is 5.36. The molecule has 4 heteroatoms. The molecule has 0 unspecified atom stereocenters. The van der Waals surface area contributed by atoms with Crippen LogP contribution in [0.3, 0.4) is 0 Å². The second-order valence-electron chi connectivity index (χ2n) is 3.71. The monoisotopic (exact) mass is 211 g/mol. The number of aryl methyl sites for hydroxylation is 2. The van der Waals surface area contributed by atoms with Crippen LogP contribution in [0.4, 0.5) is 0 Å². The van der Waals surface area contributed by atoms with E-state index in [1.807, 2.05) is 11.7 Å². The maximum absolute atomic E-state index is 8.62. The standard InChI is InChI=1S/C11H21N3O/c1-3-10-8-11(14(2)13-10)9-12-6-4-5-7-15/h8,12,15H,3-7,9H2,1-2H3. The van der Waals surface area contributed by atoms with Crippen molar-refractivity contribution in [1.82, 2.24) is 15.1 Å². The first kappa shape index (κ1) is 12.2. The van der Waals surface area contributed by atoms with Crippen molar-refractivity contribution in [3.8, 4) is 0 Å². The van der Waals surface area contributed by atoms with Crippen LogP contribution in [0.2, 0.25) is 0 Å². The molecule has 0 saturated heterocycles. The third kappa shape index (κ3) is 4.01. The minimum absolute atomic E-state index is 0.285. The van der Waals surface area contributed by atoms with E-state index < -0.39 is 0 Å². The van der Waals surface area contributed by atoms with Gasteiger partial charge < -0.3 is 10.4 Å². The van der Waals surface area contributed by atoms with Gasteiger partial charge in [0.05, 0.1) is 11.4 Å². The lowest BCUT2D eigenvalue weighted by Gasteiger charge is -2.03. The van der Waals surface area contributed by atoms with Gasteiger partial charge in [0, 0.05) is 20.2 Å². The van der Waals surface area contributed by atoms with Crippen LogP contribution in [0.25, 0.3) is 0 Å². The van der Waals surface area contributed by atoms with E-state index in [2.05, 4.69) is 23.4 Å². The van der Waals surface area contributed by atoms with E-state index in [-0.39, 0.29) is 6.61 Å². The number of rotatable bonds is 7. The molecule has 0 aromatic carbocycles. The lowest BCUT2D eigenvalue weighted by molar-refractivity contribution is 0.283. The van der Waals surface area contributed by atoms with Crippen LogP contribution in [0.1, 0.15) is 31.2 Å². The third-order valence-corrected chi connectivity index (χ3v) is 2.46. The maximum atomic E-state index is 8.62. The van der Waals surface area contributed by atoms with Gasteiger partial charge in [-0.1, -0.05) is 6.92 Å². The Bertz CT molecular complexity index is 283. The summed E-state index contributed by atoms with van der Waals surface area (Å²) in [6.45, 7) is 4.20. The maximum Gasteiger partial charge on any atom is 0.0625 e. The molecule has 0 radical (unpaired) electrons. The number of nitrogens with one attached hydrogen (secondary N) is 1. The van der Waals surface area contributed by atoms with Gasteiger partial charge in [-0.05, 0) is 31.9 Å². The van der Waals surface area contributed by atoms with Crippen LogP contribution >= 0.6 is 0 Å². The summed E-state index contributed by atoms with van der Waals surface area (Å²) >= 11 is 0. The van der Waals surface area contributed by atoms with Crippen LogP contribution in [-0.2, 0) is 20.0 Å². The van der Waals surface area contributed by atoms with Crippen molar-refractivity contribution < 1.29 is 5.11 Å². The quantitative estimate of drug-likeness (QED) is 0.657. The number of aromatic nitrogens is 2. The number of aliphatic hydroxyl groups excluding tert-OH is 1. The van der Waals surface area contributed by atoms with E-state index >= 15 is 0 Å². The Morgan fingerprint density at radius 2 is 2.27 bits per heavy atom. The van der Waals surface area contributed by atoms with Gasteiger partial charge in [-0.2, -0.15) is 5.10 Å². The number of unbranched alkanes of at least 4 members (excludes halogenated alkanes) is 1. The first-order chi connectivity index (χ1) is 7.27. The molecule has 86 valence electrons. The molecular weight excluding hydrogens is 190 g/mol. The summed E-state index contributed by atoms with van der Waals surface area (Å²) in [4.78, 5) is 0. The Morgan fingerprint density at radius 1 is 1.47 bits per heavy atom. The molecule has 0 fully saturated rings. The van der Waals surface area contributed by atoms with Crippen molar-refractivity contribution in [2.75, 3.05) is 13.2 Å². The second-order valence-corrected chi connectivity index (χ2v) is 3.71. The molecule has 0 atom stereocenters. The van der Waals surface area contributed by atoms with Crippen LogP contribution in [0, 0.1) is 0 Å². The van der Waals surface area contributed by atoms with E-state index in [0.717, 1.165) is 38.0 Å². The van der Waals surface area contributed by atoms with Crippen molar-refractivity contribution in [3.63, 3.8) is 0 Å². The summed E-state index contributed by atoms with van der Waals surface area (Å²) in [5.41, 5.74) is 2.36. The summed E-state index contributed by atoms with van der Waals surface area (Å²) in [5, 5.41) is 16.3. The first-order valence-electron chi connectivity index (χ1n) is 5.61. The summed E-state index contributed by atoms with van der Waals surface area (Å²) < 4.78 is 1.93. The number of hydrogen-bond acceptors (Lipinski definition) is 3. The lowest BCUT2D eigenvalue weighted by Crippen LogP contribution is -2.17. The zero-order chi connectivity index (χ0) is 11.1. The van der Waals surface area contributed by atoms with Crippen LogP contribution in [0.15, 0.2) is 6.07 Å². The minimum Gasteiger partial charge on any atom is -0.396 e. The fourth-order valence-electron chi connectivity index (χ4n) is 1.49. The molecule has 0 aliphatic carbocycles. The summed E-state index contributed by atoms with van der Waals surface area (Å²) in [6, 6.07) is 2.14. The predicted molar refractivity (Wildman–Crippen MR) is 60.6 cm³/mol. The number of aliphatic hydroxyl groups is 1. The molecule has 0 aliphatic heterocycles. The van der Waals surface area contributed by atoms with Crippen LogP contribution in [-0.4, -0.2) is 28.0 Å². The van der Waals surface area contributed by atoms with Crippen molar-refractivity contribution in [1.29, 1.82) is 0 Å². The van der Waals surface area contributed by atoms with E-state index in [9.17, 15) is 0 Å². The third-order valence-electron chi connectivity index (χ3n) is 2.46. The van der Waals surface area contributed by atoms with Gasteiger partial charge in [0.15, 0.2) is 0 Å². The molecule has 0 saturated carbocycles. The molecule has 1 rings (SSSR count). The Balaban J connectivity index is 2.27. The van der Waals surface area contributed by atoms with Gasteiger partial charge in [-0.25, -0.2) is 0 Å². The Morgan fingerprint density at radius 3 is 2.87 bits per heavy atom. The summed E-state index contributed by atoms with van der Waals surface area (Å²) in [6.07, 6.45) is 2.88. The summed E-state index contributed by atoms with van der Waals surface area (Å²) in [7, 11) is 1.98. The lowest BCUT2D eigenvalue weighted by atomic mass is 10.3. The zero-order valence-electron chi connectivity index (χ0n) is 9.66. The highest BCUT2D eigenvalue weighted by Gasteiger charge is 2.02. The molecular formula is C11H21N3O. The molecule has 0 aliphatic rings. The Labute approximate surface area is 91.3 Å². The molecule has 0 amide bonds. The van der Waals surface area contributed by atoms with Gasteiger partial charge in [0.1, 0.15) is 0 Å². The van der Waals surface area contributed by atoms with Gasteiger partial charge >= 0.3 is 0 Å². The van der Waals surface area contributed by atoms with Gasteiger partial charge in [0.25, 0.3) is 0 Å².